The summed E-state index contributed by atoms with van der Waals surface area (Å²) in [6.07, 6.45) is 2.91. The van der Waals surface area contributed by atoms with Gasteiger partial charge in [-0.2, -0.15) is 5.10 Å². The zero-order valence-corrected chi connectivity index (χ0v) is 16.3. The van der Waals surface area contributed by atoms with Gasteiger partial charge in [0, 0.05) is 6.20 Å². The highest BCUT2D eigenvalue weighted by Crippen LogP contribution is 2.25. The summed E-state index contributed by atoms with van der Waals surface area (Å²) in [6.45, 7) is -0.346. The molecule has 0 atom stereocenters. The van der Waals surface area contributed by atoms with Gasteiger partial charge in [-0.15, -0.1) is 0 Å². The smallest absolute Gasteiger partial charge is 0.289 e. The molecule has 152 valence electrons. The molecule has 3 rings (SSSR count). The van der Waals surface area contributed by atoms with Gasteiger partial charge in [-0.25, -0.2) is 9.82 Å². The van der Waals surface area contributed by atoms with E-state index in [0.717, 1.165) is 0 Å². The molecule has 0 saturated carbocycles. The third-order valence-corrected chi connectivity index (χ3v) is 4.04. The Kier molecular flexibility index (Phi) is 7.07. The quantitative estimate of drug-likeness (QED) is 0.445. The molecule has 2 N–H and O–H groups in total. The van der Waals surface area contributed by atoms with E-state index in [9.17, 15) is 14.0 Å². The van der Waals surface area contributed by atoms with Gasteiger partial charge >= 0.3 is 0 Å². The van der Waals surface area contributed by atoms with Crippen molar-refractivity contribution >= 4 is 35.3 Å². The molecule has 2 amide bonds. The number of ether oxygens (including phenoxy) is 1. The van der Waals surface area contributed by atoms with Gasteiger partial charge in [-0.05, 0) is 48.0 Å². The molecule has 0 aliphatic heterocycles. The molecule has 0 radical (unpaired) electrons. The molecular weight excluding hydrogens is 411 g/mol. The second kappa shape index (κ2) is 10.1. The number of carbonyl (C=O) groups is 2. The first kappa shape index (κ1) is 20.9. The number of nitrogens with one attached hydrogen (secondary N) is 2. The average molecular weight is 427 g/mol. The molecule has 2 aromatic carbocycles. The number of carbonyl (C=O) groups excluding carboxylic acids is 2. The van der Waals surface area contributed by atoms with E-state index in [1.54, 1.807) is 42.5 Å². The number of halogens is 2. The number of aromatic nitrogens is 1. The van der Waals surface area contributed by atoms with Gasteiger partial charge in [0.2, 0.25) is 0 Å². The summed E-state index contributed by atoms with van der Waals surface area (Å²) >= 11 is 6.16. The van der Waals surface area contributed by atoms with Crippen LogP contribution in [-0.2, 0) is 4.79 Å². The lowest BCUT2D eigenvalue weighted by Crippen LogP contribution is -2.20. The van der Waals surface area contributed by atoms with Crippen molar-refractivity contribution in [1.82, 2.24) is 10.4 Å². The fraction of sp³-hybridized carbons (Fsp3) is 0.0476. The van der Waals surface area contributed by atoms with Crippen molar-refractivity contribution in [3.8, 4) is 5.75 Å². The van der Waals surface area contributed by atoms with Crippen LogP contribution >= 0.6 is 11.6 Å². The van der Waals surface area contributed by atoms with Gasteiger partial charge in [0.15, 0.2) is 6.61 Å². The molecule has 7 nitrogen and oxygen atoms in total. The average Bonchev–Trinajstić information content (AvgIpc) is 2.75. The number of benzene rings is 2. The standard InChI is InChI=1S/C21H16ClFN4O3/c22-15-11-14(12-25-27-21(29)18-7-3-4-10-24-18)8-9-19(15)30-13-20(28)26-17-6-2-1-5-16(17)23/h1-12H,13H2,(H,26,28)(H,27,29)/b25-12-. The molecular formula is C21H16ClFN4O3. The maximum Gasteiger partial charge on any atom is 0.289 e. The maximum absolute atomic E-state index is 13.6. The minimum Gasteiger partial charge on any atom is -0.482 e. The van der Waals surface area contributed by atoms with Gasteiger partial charge in [0.1, 0.15) is 17.3 Å². The maximum atomic E-state index is 13.6. The molecule has 3 aromatic rings. The third kappa shape index (κ3) is 5.86. The summed E-state index contributed by atoms with van der Waals surface area (Å²) in [5.41, 5.74) is 3.27. The normalized spacial score (nSPS) is 10.6. The monoisotopic (exact) mass is 426 g/mol. The third-order valence-electron chi connectivity index (χ3n) is 3.74. The number of anilines is 1. The lowest BCUT2D eigenvalue weighted by Gasteiger charge is -2.09. The van der Waals surface area contributed by atoms with Crippen LogP contribution in [0.5, 0.6) is 5.75 Å². The van der Waals surface area contributed by atoms with Crippen molar-refractivity contribution in [3.05, 3.63) is 89.0 Å². The minimum atomic E-state index is -0.539. The Labute approximate surface area is 176 Å². The number of hydrazone groups is 1. The Balaban J connectivity index is 1.53. The molecule has 30 heavy (non-hydrogen) atoms. The number of para-hydroxylation sites is 1. The molecule has 9 heteroatoms. The van der Waals surface area contributed by atoms with E-state index >= 15 is 0 Å². The van der Waals surface area contributed by atoms with Crippen molar-refractivity contribution in [3.63, 3.8) is 0 Å². The fourth-order valence-corrected chi connectivity index (χ4v) is 2.57. The number of amides is 2. The van der Waals surface area contributed by atoms with Crippen LogP contribution in [0, 0.1) is 5.82 Å². The lowest BCUT2D eigenvalue weighted by atomic mass is 10.2. The van der Waals surface area contributed by atoms with E-state index in [4.69, 9.17) is 16.3 Å². The van der Waals surface area contributed by atoms with Crippen molar-refractivity contribution in [2.24, 2.45) is 5.10 Å². The number of hydrogen-bond acceptors (Lipinski definition) is 5. The number of hydrogen-bond donors (Lipinski definition) is 2. The zero-order valence-electron chi connectivity index (χ0n) is 15.5. The van der Waals surface area contributed by atoms with Crippen LogP contribution in [0.15, 0.2) is 72.0 Å². The molecule has 0 saturated heterocycles. The van der Waals surface area contributed by atoms with Gasteiger partial charge in [-0.3, -0.25) is 14.6 Å². The van der Waals surface area contributed by atoms with Crippen LogP contribution < -0.4 is 15.5 Å². The summed E-state index contributed by atoms with van der Waals surface area (Å²) in [5.74, 6) is -1.24. The van der Waals surface area contributed by atoms with Gasteiger partial charge < -0.3 is 10.1 Å². The van der Waals surface area contributed by atoms with Gasteiger partial charge in [0.05, 0.1) is 16.9 Å². The van der Waals surface area contributed by atoms with Crippen LogP contribution in [0.3, 0.4) is 0 Å². The van der Waals surface area contributed by atoms with Crippen molar-refractivity contribution in [1.29, 1.82) is 0 Å². The molecule has 0 fully saturated rings. The molecule has 0 unspecified atom stereocenters. The first-order chi connectivity index (χ1) is 14.5. The van der Waals surface area contributed by atoms with E-state index in [-0.39, 0.29) is 28.8 Å². The fourth-order valence-electron chi connectivity index (χ4n) is 2.33. The summed E-state index contributed by atoms with van der Waals surface area (Å²) in [6, 6.07) is 15.5. The van der Waals surface area contributed by atoms with Crippen LogP contribution in [-0.4, -0.2) is 29.6 Å². The van der Waals surface area contributed by atoms with E-state index < -0.39 is 17.6 Å². The van der Waals surface area contributed by atoms with Crippen molar-refractivity contribution in [2.45, 2.75) is 0 Å². The topological polar surface area (TPSA) is 92.7 Å². The van der Waals surface area contributed by atoms with Crippen molar-refractivity contribution in [2.75, 3.05) is 11.9 Å². The molecule has 0 spiro atoms. The van der Waals surface area contributed by atoms with Crippen LogP contribution in [0.4, 0.5) is 10.1 Å². The predicted molar refractivity (Wildman–Crippen MR) is 111 cm³/mol. The van der Waals surface area contributed by atoms with Gasteiger partial charge in [0.25, 0.3) is 11.8 Å². The Hall–Kier alpha value is -3.78. The molecule has 1 aromatic heterocycles. The van der Waals surface area contributed by atoms with E-state index in [2.05, 4.69) is 20.8 Å². The second-order valence-electron chi connectivity index (χ2n) is 5.92. The first-order valence-electron chi connectivity index (χ1n) is 8.74. The Morgan fingerprint density at radius 1 is 1.13 bits per heavy atom. The van der Waals surface area contributed by atoms with E-state index in [0.29, 0.717) is 5.56 Å². The van der Waals surface area contributed by atoms with Crippen LogP contribution in [0.1, 0.15) is 16.1 Å². The van der Waals surface area contributed by atoms with Crippen LogP contribution in [0.2, 0.25) is 5.02 Å². The highest BCUT2D eigenvalue weighted by molar-refractivity contribution is 6.32. The highest BCUT2D eigenvalue weighted by Gasteiger charge is 2.09. The van der Waals surface area contributed by atoms with Crippen LogP contribution in [0.25, 0.3) is 0 Å². The van der Waals surface area contributed by atoms with E-state index in [1.807, 2.05) is 0 Å². The molecule has 0 bridgehead atoms. The summed E-state index contributed by atoms with van der Waals surface area (Å²) in [5, 5.41) is 6.51. The lowest BCUT2D eigenvalue weighted by molar-refractivity contribution is -0.118. The minimum absolute atomic E-state index is 0.0662. The van der Waals surface area contributed by atoms with E-state index in [1.165, 1.54) is 30.6 Å². The number of pyridine rings is 1. The summed E-state index contributed by atoms with van der Waals surface area (Å²) < 4.78 is 18.9. The summed E-state index contributed by atoms with van der Waals surface area (Å²) in [7, 11) is 0. The Morgan fingerprint density at radius 3 is 2.67 bits per heavy atom. The zero-order chi connectivity index (χ0) is 21.3. The number of nitrogens with zero attached hydrogens (tertiary/aromatic N) is 2. The molecule has 0 aliphatic carbocycles. The molecule has 0 aliphatic rings. The summed E-state index contributed by atoms with van der Waals surface area (Å²) in [4.78, 5) is 27.7. The first-order valence-corrected chi connectivity index (χ1v) is 9.12. The second-order valence-corrected chi connectivity index (χ2v) is 6.33. The number of rotatable bonds is 7. The Bertz CT molecular complexity index is 1080. The molecule has 1 heterocycles. The van der Waals surface area contributed by atoms with Crippen molar-refractivity contribution < 1.29 is 18.7 Å². The predicted octanol–water partition coefficient (Wildman–Crippen LogP) is 3.66. The highest BCUT2D eigenvalue weighted by atomic mass is 35.5. The largest absolute Gasteiger partial charge is 0.482 e. The Morgan fingerprint density at radius 2 is 1.93 bits per heavy atom. The SMILES string of the molecule is O=C(COc1ccc(/C=N\NC(=O)c2ccccn2)cc1Cl)Nc1ccccc1F. The van der Waals surface area contributed by atoms with Gasteiger partial charge in [-0.1, -0.05) is 29.8 Å².